The second kappa shape index (κ2) is 7.34. The van der Waals surface area contributed by atoms with Gasteiger partial charge in [0.25, 0.3) is 0 Å². The van der Waals surface area contributed by atoms with Gasteiger partial charge in [-0.3, -0.25) is 0 Å². The van der Waals surface area contributed by atoms with Gasteiger partial charge in [0.05, 0.1) is 0 Å². The summed E-state index contributed by atoms with van der Waals surface area (Å²) in [6.45, 7) is 6.91. The van der Waals surface area contributed by atoms with Gasteiger partial charge in [0.1, 0.15) is 0 Å². The van der Waals surface area contributed by atoms with E-state index >= 15 is 0 Å². The molecule has 0 saturated carbocycles. The van der Waals surface area contributed by atoms with Crippen LogP contribution in [0.5, 0.6) is 0 Å². The minimum atomic E-state index is 0.533. The maximum atomic E-state index is 3.32. The lowest BCUT2D eigenvalue weighted by Gasteiger charge is -2.31. The van der Waals surface area contributed by atoms with E-state index < -0.39 is 0 Å². The highest BCUT2D eigenvalue weighted by atomic mass is 14.8. The van der Waals surface area contributed by atoms with Crippen molar-refractivity contribution in [1.29, 1.82) is 0 Å². The maximum absolute atomic E-state index is 3.32. The molecule has 0 saturated heterocycles. The average molecular weight is 186 g/mol. The zero-order valence-electron chi connectivity index (χ0n) is 9.74. The van der Waals surface area contributed by atoms with Crippen molar-refractivity contribution in [1.82, 2.24) is 10.6 Å². The Balaban J connectivity index is 3.89. The molecule has 0 amide bonds. The Morgan fingerprint density at radius 1 is 1.00 bits per heavy atom. The Morgan fingerprint density at radius 2 is 1.62 bits per heavy atom. The SMILES string of the molecule is CCC(CC)(CCCNC)CNC. The number of hydrogen-bond donors (Lipinski definition) is 2. The van der Waals surface area contributed by atoms with E-state index in [9.17, 15) is 0 Å². The van der Waals surface area contributed by atoms with E-state index in [1.54, 1.807) is 0 Å². The molecule has 0 fully saturated rings. The van der Waals surface area contributed by atoms with Gasteiger partial charge in [0.2, 0.25) is 0 Å². The van der Waals surface area contributed by atoms with E-state index in [4.69, 9.17) is 0 Å². The van der Waals surface area contributed by atoms with Crippen molar-refractivity contribution in [3.05, 3.63) is 0 Å². The van der Waals surface area contributed by atoms with Crippen molar-refractivity contribution in [3.8, 4) is 0 Å². The maximum Gasteiger partial charge on any atom is 0.000461 e. The van der Waals surface area contributed by atoms with Crippen LogP contribution in [0.3, 0.4) is 0 Å². The van der Waals surface area contributed by atoms with E-state index in [-0.39, 0.29) is 0 Å². The van der Waals surface area contributed by atoms with Crippen LogP contribution in [0.25, 0.3) is 0 Å². The van der Waals surface area contributed by atoms with E-state index in [1.807, 2.05) is 7.05 Å². The second-order valence-corrected chi connectivity index (χ2v) is 3.94. The molecule has 0 heterocycles. The van der Waals surface area contributed by atoms with E-state index in [0.29, 0.717) is 5.41 Å². The van der Waals surface area contributed by atoms with Gasteiger partial charge < -0.3 is 10.6 Å². The molecule has 0 aliphatic carbocycles. The van der Waals surface area contributed by atoms with Crippen LogP contribution < -0.4 is 10.6 Å². The lowest BCUT2D eigenvalue weighted by atomic mass is 9.78. The van der Waals surface area contributed by atoms with Crippen molar-refractivity contribution in [2.24, 2.45) is 5.41 Å². The molecule has 13 heavy (non-hydrogen) atoms. The van der Waals surface area contributed by atoms with Crippen LogP contribution in [-0.2, 0) is 0 Å². The van der Waals surface area contributed by atoms with Crippen molar-refractivity contribution >= 4 is 0 Å². The Labute approximate surface area is 83.5 Å². The largest absolute Gasteiger partial charge is 0.320 e. The predicted molar refractivity (Wildman–Crippen MR) is 60.1 cm³/mol. The topological polar surface area (TPSA) is 24.1 Å². The first-order chi connectivity index (χ1) is 6.24. The van der Waals surface area contributed by atoms with Gasteiger partial charge in [-0.25, -0.2) is 0 Å². The summed E-state index contributed by atoms with van der Waals surface area (Å²) in [7, 11) is 4.08. The van der Waals surface area contributed by atoms with E-state index in [2.05, 4.69) is 31.5 Å². The molecule has 2 N–H and O–H groups in total. The smallest absolute Gasteiger partial charge is 0.000461 e. The molecular weight excluding hydrogens is 160 g/mol. The van der Waals surface area contributed by atoms with Crippen molar-refractivity contribution < 1.29 is 0 Å². The third-order valence-corrected chi connectivity index (χ3v) is 3.19. The summed E-state index contributed by atoms with van der Waals surface area (Å²) in [5.41, 5.74) is 0.533. The minimum Gasteiger partial charge on any atom is -0.320 e. The molecule has 2 nitrogen and oxygen atoms in total. The Morgan fingerprint density at radius 3 is 2.00 bits per heavy atom. The first-order valence-corrected chi connectivity index (χ1v) is 5.54. The van der Waals surface area contributed by atoms with Crippen molar-refractivity contribution in [2.75, 3.05) is 27.2 Å². The summed E-state index contributed by atoms with van der Waals surface area (Å²) < 4.78 is 0. The van der Waals surface area contributed by atoms with Gasteiger partial charge in [-0.05, 0) is 51.7 Å². The van der Waals surface area contributed by atoms with Crippen LogP contribution in [0.2, 0.25) is 0 Å². The lowest BCUT2D eigenvalue weighted by molar-refractivity contribution is 0.228. The molecule has 0 bridgehead atoms. The summed E-state index contributed by atoms with van der Waals surface area (Å²) in [5.74, 6) is 0. The van der Waals surface area contributed by atoms with Crippen molar-refractivity contribution in [3.63, 3.8) is 0 Å². The Kier molecular flexibility index (Phi) is 7.29. The molecule has 2 heteroatoms. The normalized spacial score (nSPS) is 12.0. The van der Waals surface area contributed by atoms with Gasteiger partial charge in [0.15, 0.2) is 0 Å². The molecule has 80 valence electrons. The highest BCUT2D eigenvalue weighted by molar-refractivity contribution is 4.78. The summed E-state index contributed by atoms with van der Waals surface area (Å²) in [6.07, 6.45) is 5.20. The first-order valence-electron chi connectivity index (χ1n) is 5.54. The first kappa shape index (κ1) is 12.9. The van der Waals surface area contributed by atoms with Crippen LogP contribution >= 0.6 is 0 Å². The average Bonchev–Trinajstić information content (AvgIpc) is 2.17. The summed E-state index contributed by atoms with van der Waals surface area (Å²) in [5, 5.41) is 6.53. The monoisotopic (exact) mass is 186 g/mol. The lowest BCUT2D eigenvalue weighted by Crippen LogP contribution is -2.32. The van der Waals surface area contributed by atoms with Gasteiger partial charge in [-0.2, -0.15) is 0 Å². The van der Waals surface area contributed by atoms with Crippen LogP contribution in [0.15, 0.2) is 0 Å². The van der Waals surface area contributed by atoms with E-state index in [0.717, 1.165) is 13.1 Å². The van der Waals surface area contributed by atoms with Gasteiger partial charge in [-0.1, -0.05) is 13.8 Å². The summed E-state index contributed by atoms with van der Waals surface area (Å²) in [4.78, 5) is 0. The molecule has 0 aromatic heterocycles. The number of rotatable bonds is 8. The quantitative estimate of drug-likeness (QED) is 0.567. The molecule has 0 spiro atoms. The molecule has 0 unspecified atom stereocenters. The highest BCUT2D eigenvalue weighted by Crippen LogP contribution is 2.30. The van der Waals surface area contributed by atoms with Crippen LogP contribution in [0.1, 0.15) is 39.5 Å². The number of nitrogens with one attached hydrogen (secondary N) is 2. The summed E-state index contributed by atoms with van der Waals surface area (Å²) >= 11 is 0. The van der Waals surface area contributed by atoms with Crippen LogP contribution in [-0.4, -0.2) is 27.2 Å². The molecule has 0 aromatic carbocycles. The van der Waals surface area contributed by atoms with Crippen LogP contribution in [0.4, 0.5) is 0 Å². The molecular formula is C11H26N2. The van der Waals surface area contributed by atoms with Crippen LogP contribution in [0, 0.1) is 5.41 Å². The number of hydrogen-bond acceptors (Lipinski definition) is 2. The highest BCUT2D eigenvalue weighted by Gasteiger charge is 2.24. The fourth-order valence-corrected chi connectivity index (χ4v) is 1.96. The molecule has 0 aliphatic rings. The fraction of sp³-hybridized carbons (Fsp3) is 1.00. The molecule has 0 atom stereocenters. The molecule has 0 rings (SSSR count). The molecule has 0 aromatic rings. The van der Waals surface area contributed by atoms with Gasteiger partial charge >= 0.3 is 0 Å². The predicted octanol–water partition coefficient (Wildman–Crippen LogP) is 2.01. The van der Waals surface area contributed by atoms with E-state index in [1.165, 1.54) is 25.7 Å². The zero-order chi connectivity index (χ0) is 10.2. The Bertz CT molecular complexity index is 109. The van der Waals surface area contributed by atoms with Gasteiger partial charge in [-0.15, -0.1) is 0 Å². The molecule has 0 aliphatic heterocycles. The molecule has 0 radical (unpaired) electrons. The van der Waals surface area contributed by atoms with Crippen molar-refractivity contribution in [2.45, 2.75) is 39.5 Å². The van der Waals surface area contributed by atoms with Gasteiger partial charge in [0, 0.05) is 6.54 Å². The second-order valence-electron chi connectivity index (χ2n) is 3.94. The third kappa shape index (κ3) is 4.63. The minimum absolute atomic E-state index is 0.533. The standard InChI is InChI=1S/C11H26N2/c1-5-11(6-2,10-13-4)8-7-9-12-3/h12-13H,5-10H2,1-4H3. The Hall–Kier alpha value is -0.0800. The zero-order valence-corrected chi connectivity index (χ0v) is 9.74. The fourth-order valence-electron chi connectivity index (χ4n) is 1.96. The summed E-state index contributed by atoms with van der Waals surface area (Å²) in [6, 6.07) is 0. The third-order valence-electron chi connectivity index (χ3n) is 3.19.